The summed E-state index contributed by atoms with van der Waals surface area (Å²) in [5.41, 5.74) is 0. The molecule has 0 aromatic heterocycles. The molecule has 0 bridgehead atoms. The van der Waals surface area contributed by atoms with Crippen LogP contribution in [0.4, 0.5) is 0 Å². The lowest BCUT2D eigenvalue weighted by Crippen LogP contribution is -3.29. The van der Waals surface area contributed by atoms with Crippen LogP contribution in [0, 0.1) is 0 Å². The van der Waals surface area contributed by atoms with E-state index in [1.54, 1.807) is 0 Å². The Balaban J connectivity index is 1.95. The van der Waals surface area contributed by atoms with Gasteiger partial charge in [-0.25, -0.2) is 0 Å². The molecule has 78 valence electrons. The van der Waals surface area contributed by atoms with Gasteiger partial charge in [0.2, 0.25) is 5.91 Å². The summed E-state index contributed by atoms with van der Waals surface area (Å²) in [6, 6.07) is -0.115. The number of piperazine rings is 1. The molecular formula is C9H17N3O2+2. The Morgan fingerprint density at radius 1 is 1.21 bits per heavy atom. The van der Waals surface area contributed by atoms with E-state index in [-0.39, 0.29) is 17.9 Å². The second-order valence-corrected chi connectivity index (χ2v) is 4.28. The highest BCUT2D eigenvalue weighted by Gasteiger charge is 2.40. The zero-order valence-electron chi connectivity index (χ0n) is 8.43. The summed E-state index contributed by atoms with van der Waals surface area (Å²) < 4.78 is 0. The summed E-state index contributed by atoms with van der Waals surface area (Å²) in [5, 5.41) is 2.37. The summed E-state index contributed by atoms with van der Waals surface area (Å²) in [6.07, 6.45) is 0.382. The maximum atomic E-state index is 11.4. The van der Waals surface area contributed by atoms with Gasteiger partial charge in [0.15, 0.2) is 6.04 Å². The lowest BCUT2D eigenvalue weighted by Gasteiger charge is -2.29. The van der Waals surface area contributed by atoms with Crippen molar-refractivity contribution in [3.63, 3.8) is 0 Å². The number of imide groups is 1. The summed E-state index contributed by atoms with van der Waals surface area (Å²) in [6.45, 7) is 4.18. The molecule has 2 aliphatic heterocycles. The molecule has 0 radical (unpaired) electrons. The Labute approximate surface area is 83.0 Å². The van der Waals surface area contributed by atoms with E-state index >= 15 is 0 Å². The second-order valence-electron chi connectivity index (χ2n) is 4.28. The molecule has 0 aliphatic carbocycles. The molecule has 0 unspecified atom stereocenters. The average Bonchev–Trinajstić information content (AvgIpc) is 2.47. The molecule has 2 fully saturated rings. The topological polar surface area (TPSA) is 55.1 Å². The minimum Gasteiger partial charge on any atom is -0.328 e. The van der Waals surface area contributed by atoms with Gasteiger partial charge in [0.25, 0.3) is 5.91 Å². The molecule has 1 atom stereocenters. The van der Waals surface area contributed by atoms with Gasteiger partial charge in [0, 0.05) is 0 Å². The third-order valence-electron chi connectivity index (χ3n) is 3.21. The quantitative estimate of drug-likeness (QED) is 0.375. The molecule has 2 aliphatic rings. The molecule has 2 heterocycles. The average molecular weight is 199 g/mol. The molecule has 0 aromatic rings. The molecule has 2 saturated heterocycles. The Kier molecular flexibility index (Phi) is 2.52. The van der Waals surface area contributed by atoms with E-state index in [9.17, 15) is 9.59 Å². The van der Waals surface area contributed by atoms with Crippen LogP contribution in [-0.4, -0.2) is 51.1 Å². The fraction of sp³-hybridized carbons (Fsp3) is 0.778. The number of carbonyl (C=O) groups is 2. The summed E-state index contributed by atoms with van der Waals surface area (Å²) in [4.78, 5) is 25.2. The van der Waals surface area contributed by atoms with Gasteiger partial charge in [-0.05, 0) is 0 Å². The van der Waals surface area contributed by atoms with Crippen LogP contribution < -0.4 is 15.1 Å². The van der Waals surface area contributed by atoms with Crippen LogP contribution >= 0.6 is 0 Å². The van der Waals surface area contributed by atoms with E-state index < -0.39 is 0 Å². The maximum absolute atomic E-state index is 11.4. The van der Waals surface area contributed by atoms with Crippen molar-refractivity contribution in [2.24, 2.45) is 0 Å². The van der Waals surface area contributed by atoms with Crippen LogP contribution in [0.2, 0.25) is 0 Å². The van der Waals surface area contributed by atoms with Crippen molar-refractivity contribution in [1.82, 2.24) is 5.32 Å². The Morgan fingerprint density at radius 3 is 2.36 bits per heavy atom. The first-order chi connectivity index (χ1) is 6.66. The van der Waals surface area contributed by atoms with E-state index in [2.05, 4.69) is 12.4 Å². The van der Waals surface area contributed by atoms with Gasteiger partial charge >= 0.3 is 0 Å². The number of amides is 2. The zero-order valence-corrected chi connectivity index (χ0v) is 8.43. The van der Waals surface area contributed by atoms with Crippen molar-refractivity contribution in [2.45, 2.75) is 12.5 Å². The Morgan fingerprint density at radius 2 is 1.86 bits per heavy atom. The van der Waals surface area contributed by atoms with Gasteiger partial charge < -0.3 is 9.80 Å². The third kappa shape index (κ3) is 1.78. The first-order valence-corrected chi connectivity index (χ1v) is 5.16. The molecule has 2 amide bonds. The monoisotopic (exact) mass is 199 g/mol. The minimum atomic E-state index is -0.115. The molecule has 5 heteroatoms. The maximum Gasteiger partial charge on any atom is 0.285 e. The van der Waals surface area contributed by atoms with E-state index in [0.29, 0.717) is 6.42 Å². The smallest absolute Gasteiger partial charge is 0.285 e. The number of hydrogen-bond acceptors (Lipinski definition) is 2. The van der Waals surface area contributed by atoms with Crippen LogP contribution in [0.25, 0.3) is 0 Å². The van der Waals surface area contributed by atoms with Crippen LogP contribution in [0.15, 0.2) is 0 Å². The molecule has 5 nitrogen and oxygen atoms in total. The molecule has 0 saturated carbocycles. The van der Waals surface area contributed by atoms with Gasteiger partial charge in [-0.2, -0.15) is 0 Å². The largest absolute Gasteiger partial charge is 0.328 e. The van der Waals surface area contributed by atoms with Crippen molar-refractivity contribution in [3.05, 3.63) is 0 Å². The highest BCUT2D eigenvalue weighted by Crippen LogP contribution is 1.97. The van der Waals surface area contributed by atoms with Crippen molar-refractivity contribution in [2.75, 3.05) is 33.2 Å². The highest BCUT2D eigenvalue weighted by molar-refractivity contribution is 6.04. The number of rotatable bonds is 1. The molecule has 3 N–H and O–H groups in total. The van der Waals surface area contributed by atoms with Gasteiger partial charge in [0.05, 0.1) is 13.5 Å². The van der Waals surface area contributed by atoms with Crippen molar-refractivity contribution < 1.29 is 19.4 Å². The minimum absolute atomic E-state index is 0.0791. The standard InChI is InChI=1S/C9H15N3O2/c1-11-2-4-12(5-3-11)7-6-8(13)10-9(7)14/h7H,2-6H2,1H3,(H,10,13,14)/p+2/t7-/m0/s1. The van der Waals surface area contributed by atoms with Crippen LogP contribution in [0.1, 0.15) is 6.42 Å². The third-order valence-corrected chi connectivity index (χ3v) is 3.21. The molecule has 14 heavy (non-hydrogen) atoms. The molecule has 0 spiro atoms. The molecule has 0 aromatic carbocycles. The Bertz CT molecular complexity index is 259. The van der Waals surface area contributed by atoms with E-state index in [4.69, 9.17) is 0 Å². The number of nitrogens with one attached hydrogen (secondary N) is 3. The van der Waals surface area contributed by atoms with Gasteiger partial charge in [-0.1, -0.05) is 0 Å². The van der Waals surface area contributed by atoms with Gasteiger partial charge in [-0.3, -0.25) is 14.9 Å². The van der Waals surface area contributed by atoms with E-state index in [0.717, 1.165) is 26.2 Å². The zero-order chi connectivity index (χ0) is 10.1. The number of carbonyl (C=O) groups excluding carboxylic acids is 2. The first-order valence-electron chi connectivity index (χ1n) is 5.16. The van der Waals surface area contributed by atoms with Crippen molar-refractivity contribution in [1.29, 1.82) is 0 Å². The summed E-state index contributed by atoms with van der Waals surface area (Å²) in [5.74, 6) is -0.191. The van der Waals surface area contributed by atoms with Gasteiger partial charge in [-0.15, -0.1) is 0 Å². The summed E-state index contributed by atoms with van der Waals surface area (Å²) in [7, 11) is 2.16. The number of likely N-dealkylation sites (N-methyl/N-ethyl adjacent to an activating group) is 1. The molecular weight excluding hydrogens is 182 g/mol. The predicted molar refractivity (Wildman–Crippen MR) is 48.9 cm³/mol. The van der Waals surface area contributed by atoms with Crippen LogP contribution in [0.5, 0.6) is 0 Å². The SMILES string of the molecule is C[NH+]1CC[NH+]([C@H]2CC(=O)NC2=O)CC1. The normalized spacial score (nSPS) is 38.5. The van der Waals surface area contributed by atoms with Crippen LogP contribution in [0.3, 0.4) is 0 Å². The van der Waals surface area contributed by atoms with Crippen LogP contribution in [-0.2, 0) is 9.59 Å². The van der Waals surface area contributed by atoms with E-state index in [1.165, 1.54) is 9.80 Å². The lowest BCUT2D eigenvalue weighted by atomic mass is 10.2. The summed E-state index contributed by atoms with van der Waals surface area (Å²) >= 11 is 0. The lowest BCUT2D eigenvalue weighted by molar-refractivity contribution is -1.01. The molecule has 2 rings (SSSR count). The predicted octanol–water partition coefficient (Wildman–Crippen LogP) is -4.19. The Hall–Kier alpha value is -0.940. The second kappa shape index (κ2) is 3.67. The van der Waals surface area contributed by atoms with E-state index in [1.807, 2.05) is 0 Å². The first kappa shape index (κ1) is 9.61. The number of quaternary nitrogens is 2. The van der Waals surface area contributed by atoms with Crippen molar-refractivity contribution in [3.8, 4) is 0 Å². The fourth-order valence-corrected chi connectivity index (χ4v) is 2.23. The van der Waals surface area contributed by atoms with Gasteiger partial charge in [0.1, 0.15) is 26.2 Å². The van der Waals surface area contributed by atoms with Crippen molar-refractivity contribution >= 4 is 11.8 Å². The highest BCUT2D eigenvalue weighted by atomic mass is 16.2. The fourth-order valence-electron chi connectivity index (χ4n) is 2.23. The number of hydrogen-bond donors (Lipinski definition) is 3.